The molecule has 14 heavy (non-hydrogen) atoms. The van der Waals surface area contributed by atoms with Crippen LogP contribution in [0.3, 0.4) is 0 Å². The van der Waals surface area contributed by atoms with Crippen molar-refractivity contribution in [3.05, 3.63) is 0 Å². The summed E-state index contributed by atoms with van der Waals surface area (Å²) in [5.74, 6) is 0. The zero-order valence-corrected chi connectivity index (χ0v) is 6.45. The quantitative estimate of drug-likeness (QED) is 0.652. The molecule has 0 aliphatic heterocycles. The Labute approximate surface area is 73.6 Å². The Balaban J connectivity index is 4.42. The van der Waals surface area contributed by atoms with E-state index in [1.54, 1.807) is 0 Å². The van der Waals surface area contributed by atoms with Crippen molar-refractivity contribution in [1.82, 2.24) is 0 Å². The molecule has 0 fully saturated rings. The molecule has 86 valence electrons. The summed E-state index contributed by atoms with van der Waals surface area (Å²) in [6, 6.07) is 0. The smallest absolute Gasteiger partial charge is 0.281 e. The maximum atomic E-state index is 12.2. The highest BCUT2D eigenvalue weighted by molar-refractivity contribution is 4.66. The molecule has 2 nitrogen and oxygen atoms in total. The van der Waals surface area contributed by atoms with Crippen molar-refractivity contribution in [3.63, 3.8) is 0 Å². The maximum Gasteiger partial charge on any atom is 0.450 e. The Morgan fingerprint density at radius 3 is 1.86 bits per heavy atom. The van der Waals surface area contributed by atoms with E-state index in [4.69, 9.17) is 0 Å². The second-order valence-corrected chi connectivity index (χ2v) is 1.97. The fourth-order valence-electron chi connectivity index (χ4n) is 0.413. The fraction of sp³-hybridized carbons (Fsp3) is 1.00. The van der Waals surface area contributed by atoms with Gasteiger partial charge in [-0.1, -0.05) is 0 Å². The van der Waals surface area contributed by atoms with Crippen LogP contribution in [0.15, 0.2) is 0 Å². The number of halogens is 7. The average molecular weight is 230 g/mol. The molecule has 0 amide bonds. The first-order chi connectivity index (χ1) is 6.27. The van der Waals surface area contributed by atoms with Crippen LogP contribution in [-0.2, 0) is 9.47 Å². The van der Waals surface area contributed by atoms with Gasteiger partial charge in [0.15, 0.2) is 6.86 Å². The Bertz CT molecular complexity index is 173. The number of alkyl halides is 7. The fourth-order valence-corrected chi connectivity index (χ4v) is 0.413. The van der Waals surface area contributed by atoms with Crippen molar-refractivity contribution in [2.75, 3.05) is 13.5 Å². The SMILES string of the molecule is FCOC(F)(F)C(F)(F)OC(F)CF. The van der Waals surface area contributed by atoms with Crippen molar-refractivity contribution in [2.45, 2.75) is 18.6 Å². The Hall–Kier alpha value is -0.570. The molecule has 0 saturated carbocycles. The first-order valence-corrected chi connectivity index (χ1v) is 3.10. The van der Waals surface area contributed by atoms with Crippen LogP contribution in [0.1, 0.15) is 0 Å². The first-order valence-electron chi connectivity index (χ1n) is 3.10. The van der Waals surface area contributed by atoms with Crippen LogP contribution >= 0.6 is 0 Å². The largest absolute Gasteiger partial charge is 0.450 e. The molecule has 0 aromatic carbocycles. The summed E-state index contributed by atoms with van der Waals surface area (Å²) in [5, 5.41) is 0. The van der Waals surface area contributed by atoms with Crippen LogP contribution in [0, 0.1) is 0 Å². The molecule has 0 bridgehead atoms. The van der Waals surface area contributed by atoms with E-state index in [2.05, 4.69) is 9.47 Å². The molecule has 1 unspecified atom stereocenters. The van der Waals surface area contributed by atoms with Gasteiger partial charge in [0.05, 0.1) is 0 Å². The van der Waals surface area contributed by atoms with Crippen molar-refractivity contribution in [3.8, 4) is 0 Å². The van der Waals surface area contributed by atoms with Gasteiger partial charge in [-0.2, -0.15) is 17.6 Å². The van der Waals surface area contributed by atoms with E-state index in [0.29, 0.717) is 0 Å². The predicted octanol–water partition coefficient (Wildman–Crippen LogP) is 2.40. The van der Waals surface area contributed by atoms with Crippen LogP contribution in [0.5, 0.6) is 0 Å². The predicted molar refractivity (Wildman–Crippen MR) is 28.9 cm³/mol. The van der Waals surface area contributed by atoms with Crippen LogP contribution in [0.2, 0.25) is 0 Å². The van der Waals surface area contributed by atoms with Crippen LogP contribution in [0.25, 0.3) is 0 Å². The standard InChI is InChI=1S/C5H5F7O2/c6-1-3(8)14-5(11,12)4(9,10)13-2-7/h3H,1-2H2. The molecule has 0 N–H and O–H groups in total. The highest BCUT2D eigenvalue weighted by Crippen LogP contribution is 2.37. The molecule has 0 spiro atoms. The lowest BCUT2D eigenvalue weighted by molar-refractivity contribution is -0.451. The van der Waals surface area contributed by atoms with Crippen molar-refractivity contribution in [1.29, 1.82) is 0 Å². The van der Waals surface area contributed by atoms with E-state index in [0.717, 1.165) is 0 Å². The Morgan fingerprint density at radius 2 is 1.50 bits per heavy atom. The lowest BCUT2D eigenvalue weighted by Gasteiger charge is -2.24. The lowest BCUT2D eigenvalue weighted by Crippen LogP contribution is -2.46. The third kappa shape index (κ3) is 3.29. The van der Waals surface area contributed by atoms with Gasteiger partial charge in [0.1, 0.15) is 6.67 Å². The van der Waals surface area contributed by atoms with E-state index < -0.39 is 32.1 Å². The molecule has 0 saturated heterocycles. The van der Waals surface area contributed by atoms with Gasteiger partial charge in [0, 0.05) is 0 Å². The molecule has 0 aromatic heterocycles. The van der Waals surface area contributed by atoms with Crippen molar-refractivity contribution in [2.24, 2.45) is 0 Å². The van der Waals surface area contributed by atoms with Gasteiger partial charge in [0.2, 0.25) is 6.36 Å². The molecular formula is C5H5F7O2. The third-order valence-corrected chi connectivity index (χ3v) is 0.972. The summed E-state index contributed by atoms with van der Waals surface area (Å²) in [7, 11) is 0. The van der Waals surface area contributed by atoms with Gasteiger partial charge in [-0.05, 0) is 0 Å². The zero-order valence-electron chi connectivity index (χ0n) is 6.45. The highest BCUT2D eigenvalue weighted by atomic mass is 19.3. The Morgan fingerprint density at radius 1 is 1.00 bits per heavy atom. The molecule has 9 heteroatoms. The van der Waals surface area contributed by atoms with Gasteiger partial charge >= 0.3 is 12.2 Å². The summed E-state index contributed by atoms with van der Waals surface area (Å²) >= 11 is 0. The summed E-state index contributed by atoms with van der Waals surface area (Å²) in [5.41, 5.74) is 0. The Kier molecular flexibility index (Phi) is 4.59. The van der Waals surface area contributed by atoms with E-state index in [1.807, 2.05) is 0 Å². The second kappa shape index (κ2) is 4.78. The molecule has 0 aromatic rings. The van der Waals surface area contributed by atoms with E-state index in [9.17, 15) is 30.7 Å². The van der Waals surface area contributed by atoms with Gasteiger partial charge < -0.3 is 0 Å². The summed E-state index contributed by atoms with van der Waals surface area (Å²) in [6.45, 7) is -4.26. The minimum Gasteiger partial charge on any atom is -0.281 e. The van der Waals surface area contributed by atoms with Gasteiger partial charge in [-0.15, -0.1) is 0 Å². The first kappa shape index (κ1) is 13.4. The number of hydrogen-bond acceptors (Lipinski definition) is 2. The minimum absolute atomic E-state index is 2.04. The van der Waals surface area contributed by atoms with Gasteiger partial charge in [-0.25, -0.2) is 13.2 Å². The topological polar surface area (TPSA) is 18.5 Å². The summed E-state index contributed by atoms with van der Waals surface area (Å²) in [6.07, 6.45) is -14.0. The van der Waals surface area contributed by atoms with E-state index in [1.165, 1.54) is 0 Å². The van der Waals surface area contributed by atoms with Crippen molar-refractivity contribution >= 4 is 0 Å². The van der Waals surface area contributed by atoms with Crippen LogP contribution in [0.4, 0.5) is 30.7 Å². The summed E-state index contributed by atoms with van der Waals surface area (Å²) < 4.78 is 88.1. The molecule has 0 radical (unpaired) electrons. The monoisotopic (exact) mass is 230 g/mol. The molecule has 0 aliphatic rings. The molecule has 0 heterocycles. The molecular weight excluding hydrogens is 225 g/mol. The van der Waals surface area contributed by atoms with Gasteiger partial charge in [-0.3, -0.25) is 9.47 Å². The highest BCUT2D eigenvalue weighted by Gasteiger charge is 2.61. The zero-order chi connectivity index (χ0) is 11.4. The lowest BCUT2D eigenvalue weighted by atomic mass is 10.5. The maximum absolute atomic E-state index is 12.2. The molecule has 1 atom stereocenters. The number of ether oxygens (including phenoxy) is 2. The second-order valence-electron chi connectivity index (χ2n) is 1.97. The van der Waals surface area contributed by atoms with E-state index >= 15 is 0 Å². The summed E-state index contributed by atoms with van der Waals surface area (Å²) in [4.78, 5) is 0. The average Bonchev–Trinajstić information content (AvgIpc) is 2.03. The normalized spacial score (nSPS) is 15.6. The number of hydrogen-bond donors (Lipinski definition) is 0. The van der Waals surface area contributed by atoms with E-state index in [-0.39, 0.29) is 0 Å². The van der Waals surface area contributed by atoms with Crippen LogP contribution in [-0.4, -0.2) is 32.1 Å². The van der Waals surface area contributed by atoms with Crippen LogP contribution < -0.4 is 0 Å². The minimum atomic E-state index is -5.44. The molecule has 0 rings (SSSR count). The molecule has 0 aliphatic carbocycles. The third-order valence-electron chi connectivity index (χ3n) is 0.972. The number of rotatable bonds is 6. The van der Waals surface area contributed by atoms with Gasteiger partial charge in [0.25, 0.3) is 0 Å². The van der Waals surface area contributed by atoms with Crippen molar-refractivity contribution < 1.29 is 40.2 Å².